The van der Waals surface area contributed by atoms with E-state index >= 15 is 0 Å². The van der Waals surface area contributed by atoms with Gasteiger partial charge in [-0.3, -0.25) is 4.79 Å². The van der Waals surface area contributed by atoms with Crippen LogP contribution in [0.4, 0.5) is 4.79 Å². The normalized spacial score (nSPS) is 19.2. The highest BCUT2D eigenvalue weighted by molar-refractivity contribution is 5.75. The van der Waals surface area contributed by atoms with Crippen LogP contribution in [0, 0.1) is 13.8 Å². The Balaban J connectivity index is 1.52. The minimum Gasteiger partial charge on any atom is -0.335 e. The number of aromatic amines is 1. The molecule has 0 radical (unpaired) electrons. The molecule has 3 N–H and O–H groups in total. The predicted molar refractivity (Wildman–Crippen MR) is 89.5 cm³/mol. The van der Waals surface area contributed by atoms with Crippen LogP contribution in [-0.4, -0.2) is 17.1 Å². The van der Waals surface area contributed by atoms with Crippen molar-refractivity contribution in [3.8, 4) is 0 Å². The highest BCUT2D eigenvalue weighted by Gasteiger charge is 2.40. The molecule has 23 heavy (non-hydrogen) atoms. The SMILES string of the molecule is Cc1c[nH]c(=O)c(CNC(=O)N[C@@H]2C[C@H]2c2ccccc2C)c1. The first-order valence-electron chi connectivity index (χ1n) is 7.82. The highest BCUT2D eigenvalue weighted by Crippen LogP contribution is 2.41. The highest BCUT2D eigenvalue weighted by atomic mass is 16.2. The van der Waals surface area contributed by atoms with Crippen molar-refractivity contribution in [2.45, 2.75) is 38.8 Å². The predicted octanol–water partition coefficient (Wildman–Crippen LogP) is 2.35. The number of carbonyl (C=O) groups excluding carboxylic acids is 1. The number of H-pyrrole nitrogens is 1. The average molecular weight is 311 g/mol. The van der Waals surface area contributed by atoms with Crippen LogP contribution >= 0.6 is 0 Å². The third-order valence-electron chi connectivity index (χ3n) is 4.26. The first kappa shape index (κ1) is 15.3. The van der Waals surface area contributed by atoms with Gasteiger partial charge in [0.15, 0.2) is 0 Å². The van der Waals surface area contributed by atoms with Gasteiger partial charge in [0.25, 0.3) is 5.56 Å². The maximum absolute atomic E-state index is 12.0. The van der Waals surface area contributed by atoms with Crippen LogP contribution in [0.1, 0.15) is 34.6 Å². The van der Waals surface area contributed by atoms with Crippen LogP contribution in [0.25, 0.3) is 0 Å². The number of hydrogen-bond donors (Lipinski definition) is 3. The molecule has 1 aromatic heterocycles. The number of hydrogen-bond acceptors (Lipinski definition) is 2. The van der Waals surface area contributed by atoms with Gasteiger partial charge in [0.1, 0.15) is 0 Å². The van der Waals surface area contributed by atoms with Crippen molar-refractivity contribution in [2.75, 3.05) is 0 Å². The fourth-order valence-electron chi connectivity index (χ4n) is 2.88. The standard InChI is InChI=1S/C18H21N3O2/c1-11-7-13(17(22)19-9-11)10-20-18(23)21-16-8-15(16)14-6-4-3-5-12(14)2/h3-7,9,15-16H,8,10H2,1-2H3,(H,19,22)(H2,20,21,23)/t15-,16+/m0/s1. The van der Waals surface area contributed by atoms with Gasteiger partial charge < -0.3 is 15.6 Å². The number of aromatic nitrogens is 1. The van der Waals surface area contributed by atoms with E-state index in [0.717, 1.165) is 12.0 Å². The van der Waals surface area contributed by atoms with Crippen LogP contribution in [0.3, 0.4) is 0 Å². The molecule has 5 heteroatoms. The minimum absolute atomic E-state index is 0.167. The Hall–Kier alpha value is -2.56. The lowest BCUT2D eigenvalue weighted by Gasteiger charge is -2.08. The van der Waals surface area contributed by atoms with Gasteiger partial charge >= 0.3 is 6.03 Å². The van der Waals surface area contributed by atoms with Gasteiger partial charge in [-0.1, -0.05) is 24.3 Å². The molecule has 1 aliphatic carbocycles. The number of pyridine rings is 1. The monoisotopic (exact) mass is 311 g/mol. The molecule has 120 valence electrons. The third-order valence-corrected chi connectivity index (χ3v) is 4.26. The zero-order chi connectivity index (χ0) is 16.4. The fraction of sp³-hybridized carbons (Fsp3) is 0.333. The largest absolute Gasteiger partial charge is 0.335 e. The number of carbonyl (C=O) groups is 1. The number of aryl methyl sites for hydroxylation is 2. The Morgan fingerprint density at radius 2 is 2.09 bits per heavy atom. The van der Waals surface area contributed by atoms with Gasteiger partial charge in [-0.2, -0.15) is 0 Å². The van der Waals surface area contributed by atoms with Gasteiger partial charge in [0, 0.05) is 30.3 Å². The van der Waals surface area contributed by atoms with E-state index in [1.165, 1.54) is 11.1 Å². The van der Waals surface area contributed by atoms with E-state index in [-0.39, 0.29) is 24.2 Å². The summed E-state index contributed by atoms with van der Waals surface area (Å²) in [6, 6.07) is 9.99. The summed E-state index contributed by atoms with van der Waals surface area (Å²) in [6.45, 7) is 4.22. The zero-order valence-electron chi connectivity index (χ0n) is 13.3. The third kappa shape index (κ3) is 3.62. The molecule has 2 aromatic rings. The summed E-state index contributed by atoms with van der Waals surface area (Å²) in [6.07, 6.45) is 2.62. The van der Waals surface area contributed by atoms with E-state index in [1.807, 2.05) is 19.1 Å². The molecule has 1 aliphatic rings. The summed E-state index contributed by atoms with van der Waals surface area (Å²) in [5, 5.41) is 5.73. The van der Waals surface area contributed by atoms with Crippen molar-refractivity contribution < 1.29 is 4.79 Å². The van der Waals surface area contributed by atoms with Gasteiger partial charge in [0.2, 0.25) is 0 Å². The molecular weight excluding hydrogens is 290 g/mol. The van der Waals surface area contributed by atoms with Crippen LogP contribution in [-0.2, 0) is 6.54 Å². The molecule has 1 fully saturated rings. The number of amides is 2. The molecule has 0 spiro atoms. The topological polar surface area (TPSA) is 74.0 Å². The summed E-state index contributed by atoms with van der Waals surface area (Å²) < 4.78 is 0. The maximum Gasteiger partial charge on any atom is 0.315 e. The van der Waals surface area contributed by atoms with Crippen molar-refractivity contribution in [1.82, 2.24) is 15.6 Å². The number of rotatable bonds is 4. The fourth-order valence-corrected chi connectivity index (χ4v) is 2.88. The van der Waals surface area contributed by atoms with E-state index in [2.05, 4.69) is 34.7 Å². The second kappa shape index (κ2) is 6.28. The second-order valence-corrected chi connectivity index (χ2v) is 6.16. The van der Waals surface area contributed by atoms with Crippen LogP contribution in [0.2, 0.25) is 0 Å². The van der Waals surface area contributed by atoms with E-state index in [9.17, 15) is 9.59 Å². The number of urea groups is 1. The van der Waals surface area contributed by atoms with Gasteiger partial charge in [-0.15, -0.1) is 0 Å². The lowest BCUT2D eigenvalue weighted by atomic mass is 10.0. The first-order chi connectivity index (χ1) is 11.0. The lowest BCUT2D eigenvalue weighted by molar-refractivity contribution is 0.240. The summed E-state index contributed by atoms with van der Waals surface area (Å²) in [4.78, 5) is 26.3. The Bertz CT molecular complexity index is 782. The van der Waals surface area contributed by atoms with Crippen molar-refractivity contribution >= 4 is 6.03 Å². The number of benzene rings is 1. The Morgan fingerprint density at radius 1 is 1.30 bits per heavy atom. The van der Waals surface area contributed by atoms with Gasteiger partial charge in [-0.05, 0) is 43.0 Å². The summed E-state index contributed by atoms with van der Waals surface area (Å²) >= 11 is 0. The average Bonchev–Trinajstić information content (AvgIpc) is 3.27. The Morgan fingerprint density at radius 3 is 2.87 bits per heavy atom. The van der Waals surface area contributed by atoms with Crippen LogP contribution in [0.5, 0.6) is 0 Å². The summed E-state index contributed by atoms with van der Waals surface area (Å²) in [5.41, 5.74) is 3.91. The molecule has 1 saturated carbocycles. The van der Waals surface area contributed by atoms with Gasteiger partial charge in [0.05, 0.1) is 0 Å². The summed E-state index contributed by atoms with van der Waals surface area (Å²) in [5.74, 6) is 0.393. The molecule has 1 heterocycles. The van der Waals surface area contributed by atoms with Crippen molar-refractivity contribution in [3.05, 3.63) is 69.1 Å². The van der Waals surface area contributed by atoms with E-state index in [0.29, 0.717) is 11.5 Å². The van der Waals surface area contributed by atoms with Crippen molar-refractivity contribution in [2.24, 2.45) is 0 Å². The summed E-state index contributed by atoms with van der Waals surface area (Å²) in [7, 11) is 0. The quantitative estimate of drug-likeness (QED) is 0.811. The van der Waals surface area contributed by atoms with E-state index < -0.39 is 0 Å². The second-order valence-electron chi connectivity index (χ2n) is 6.16. The Kier molecular flexibility index (Phi) is 4.19. The van der Waals surface area contributed by atoms with Crippen molar-refractivity contribution in [1.29, 1.82) is 0 Å². The van der Waals surface area contributed by atoms with Gasteiger partial charge in [-0.25, -0.2) is 4.79 Å². The molecule has 0 unspecified atom stereocenters. The first-order valence-corrected chi connectivity index (χ1v) is 7.82. The molecule has 1 aromatic carbocycles. The van der Waals surface area contributed by atoms with E-state index in [1.54, 1.807) is 12.3 Å². The van der Waals surface area contributed by atoms with Crippen LogP contribution in [0.15, 0.2) is 41.3 Å². The van der Waals surface area contributed by atoms with Crippen LogP contribution < -0.4 is 16.2 Å². The van der Waals surface area contributed by atoms with E-state index in [4.69, 9.17) is 0 Å². The molecule has 0 aliphatic heterocycles. The molecule has 2 atom stereocenters. The zero-order valence-corrected chi connectivity index (χ0v) is 13.3. The van der Waals surface area contributed by atoms with Crippen molar-refractivity contribution in [3.63, 3.8) is 0 Å². The molecule has 0 bridgehead atoms. The number of nitrogens with one attached hydrogen (secondary N) is 3. The smallest absolute Gasteiger partial charge is 0.315 e. The molecule has 2 amide bonds. The molecule has 5 nitrogen and oxygen atoms in total. The Labute approximate surface area is 135 Å². The molecule has 0 saturated heterocycles. The lowest BCUT2D eigenvalue weighted by Crippen LogP contribution is -2.38. The maximum atomic E-state index is 12.0. The molecular formula is C18H21N3O2. The minimum atomic E-state index is -0.230. The molecule has 3 rings (SSSR count).